The third-order valence-electron chi connectivity index (χ3n) is 2.84. The quantitative estimate of drug-likeness (QED) is 0.749. The smallest absolute Gasteiger partial charge is 0.234 e. The molecule has 0 atom stereocenters. The fraction of sp³-hybridized carbons (Fsp3) is 0.562. The van der Waals surface area contributed by atoms with Crippen molar-refractivity contribution in [1.82, 2.24) is 10.6 Å². The predicted molar refractivity (Wildman–Crippen MR) is 85.1 cm³/mol. The molecule has 0 aliphatic carbocycles. The van der Waals surface area contributed by atoms with Crippen molar-refractivity contribution in [1.29, 1.82) is 0 Å². The van der Waals surface area contributed by atoms with E-state index in [4.69, 9.17) is 0 Å². The highest BCUT2D eigenvalue weighted by Crippen LogP contribution is 2.10. The summed E-state index contributed by atoms with van der Waals surface area (Å²) in [6.07, 6.45) is 1.01. The zero-order valence-corrected chi connectivity index (χ0v) is 13.1. The first-order chi connectivity index (χ1) is 9.38. The lowest BCUT2D eigenvalue weighted by molar-refractivity contribution is -0.121. The van der Waals surface area contributed by atoms with Crippen LogP contribution in [-0.2, 0) is 4.79 Å². The summed E-state index contributed by atoms with van der Waals surface area (Å²) in [4.78, 5) is 13.8. The molecule has 0 radical (unpaired) electrons. The third-order valence-corrected chi connectivity index (χ3v) is 2.84. The Labute approximate surface area is 122 Å². The van der Waals surface area contributed by atoms with Gasteiger partial charge in [0.2, 0.25) is 5.91 Å². The Hall–Kier alpha value is -1.55. The Bertz CT molecular complexity index is 398. The monoisotopic (exact) mass is 277 g/mol. The normalized spacial score (nSPS) is 11.2. The highest BCUT2D eigenvalue weighted by Gasteiger charge is 2.12. The first kappa shape index (κ1) is 16.5. The third kappa shape index (κ3) is 7.14. The summed E-state index contributed by atoms with van der Waals surface area (Å²) in [6, 6.07) is 10.3. The van der Waals surface area contributed by atoms with Crippen LogP contribution in [0.2, 0.25) is 0 Å². The predicted octanol–water partition coefficient (Wildman–Crippen LogP) is 2.02. The van der Waals surface area contributed by atoms with Crippen LogP contribution < -0.4 is 15.5 Å². The molecular formula is C16H27N3O. The molecular weight excluding hydrogens is 250 g/mol. The maximum Gasteiger partial charge on any atom is 0.234 e. The Morgan fingerprint density at radius 2 is 1.85 bits per heavy atom. The number of anilines is 1. The molecule has 1 aromatic rings. The second-order valence-electron chi connectivity index (χ2n) is 6.09. The molecule has 20 heavy (non-hydrogen) atoms. The summed E-state index contributed by atoms with van der Waals surface area (Å²) >= 11 is 0. The second kappa shape index (κ2) is 7.90. The van der Waals surface area contributed by atoms with Gasteiger partial charge in [-0.15, -0.1) is 0 Å². The standard InChI is InChI=1S/C16H27N3O/c1-16(2,3)18-15(20)13-17-11-8-12-19(4)14-9-6-5-7-10-14/h5-7,9-10,17H,8,11-13H2,1-4H3,(H,18,20). The van der Waals surface area contributed by atoms with Crippen molar-refractivity contribution in [3.05, 3.63) is 30.3 Å². The van der Waals surface area contributed by atoms with Crippen LogP contribution in [0, 0.1) is 0 Å². The molecule has 2 N–H and O–H groups in total. The van der Waals surface area contributed by atoms with Crippen LogP contribution in [0.25, 0.3) is 0 Å². The zero-order valence-electron chi connectivity index (χ0n) is 13.1. The van der Waals surface area contributed by atoms with E-state index in [1.54, 1.807) is 0 Å². The lowest BCUT2D eigenvalue weighted by Gasteiger charge is -2.21. The topological polar surface area (TPSA) is 44.4 Å². The van der Waals surface area contributed by atoms with E-state index in [9.17, 15) is 4.79 Å². The van der Waals surface area contributed by atoms with Crippen LogP contribution in [0.15, 0.2) is 30.3 Å². The van der Waals surface area contributed by atoms with Gasteiger partial charge in [-0.3, -0.25) is 4.79 Å². The van der Waals surface area contributed by atoms with Gasteiger partial charge < -0.3 is 15.5 Å². The molecule has 4 heteroatoms. The number of para-hydroxylation sites is 1. The number of rotatable bonds is 7. The van der Waals surface area contributed by atoms with E-state index in [1.165, 1.54) is 5.69 Å². The van der Waals surface area contributed by atoms with Crippen molar-refractivity contribution in [2.24, 2.45) is 0 Å². The molecule has 0 bridgehead atoms. The van der Waals surface area contributed by atoms with E-state index in [1.807, 2.05) is 39.0 Å². The van der Waals surface area contributed by atoms with Crippen LogP contribution >= 0.6 is 0 Å². The number of carbonyl (C=O) groups excluding carboxylic acids is 1. The Morgan fingerprint density at radius 3 is 2.45 bits per heavy atom. The number of carbonyl (C=O) groups is 1. The van der Waals surface area contributed by atoms with E-state index in [-0.39, 0.29) is 11.4 Å². The Kier molecular flexibility index (Phi) is 6.52. The average Bonchev–Trinajstić information content (AvgIpc) is 2.37. The molecule has 112 valence electrons. The fourth-order valence-corrected chi connectivity index (χ4v) is 1.92. The van der Waals surface area contributed by atoms with Crippen molar-refractivity contribution in [3.8, 4) is 0 Å². The Balaban J connectivity index is 2.12. The van der Waals surface area contributed by atoms with Crippen molar-refractivity contribution in [2.75, 3.05) is 31.6 Å². The van der Waals surface area contributed by atoms with Gasteiger partial charge in [0.25, 0.3) is 0 Å². The first-order valence-corrected chi connectivity index (χ1v) is 7.16. The van der Waals surface area contributed by atoms with Crippen molar-refractivity contribution in [3.63, 3.8) is 0 Å². The van der Waals surface area contributed by atoms with Crippen molar-refractivity contribution < 1.29 is 4.79 Å². The lowest BCUT2D eigenvalue weighted by atomic mass is 10.1. The molecule has 0 aliphatic rings. The van der Waals surface area contributed by atoms with Gasteiger partial charge >= 0.3 is 0 Å². The van der Waals surface area contributed by atoms with E-state index < -0.39 is 0 Å². The minimum Gasteiger partial charge on any atom is -0.375 e. The number of hydrogen-bond donors (Lipinski definition) is 2. The molecule has 0 aliphatic heterocycles. The van der Waals surface area contributed by atoms with Crippen LogP contribution in [0.1, 0.15) is 27.2 Å². The van der Waals surface area contributed by atoms with Crippen LogP contribution in [0.5, 0.6) is 0 Å². The van der Waals surface area contributed by atoms with Gasteiger partial charge in [-0.1, -0.05) is 18.2 Å². The minimum atomic E-state index is -0.160. The molecule has 1 rings (SSSR count). The van der Waals surface area contributed by atoms with Gasteiger partial charge in [-0.2, -0.15) is 0 Å². The zero-order chi connectivity index (χ0) is 15.0. The molecule has 0 unspecified atom stereocenters. The summed E-state index contributed by atoms with van der Waals surface area (Å²) in [5.74, 6) is 0.0499. The van der Waals surface area contributed by atoms with Crippen molar-refractivity contribution >= 4 is 11.6 Å². The van der Waals surface area contributed by atoms with Gasteiger partial charge in [0.15, 0.2) is 0 Å². The van der Waals surface area contributed by atoms with E-state index in [0.717, 1.165) is 19.5 Å². The number of hydrogen-bond acceptors (Lipinski definition) is 3. The van der Waals surface area contributed by atoms with E-state index in [0.29, 0.717) is 6.54 Å². The van der Waals surface area contributed by atoms with Crippen LogP contribution in [0.4, 0.5) is 5.69 Å². The summed E-state index contributed by atoms with van der Waals surface area (Å²) in [7, 11) is 2.08. The number of nitrogens with one attached hydrogen (secondary N) is 2. The summed E-state index contributed by atoms with van der Waals surface area (Å²) in [6.45, 7) is 8.15. The molecule has 4 nitrogen and oxygen atoms in total. The minimum absolute atomic E-state index is 0.0499. The molecule has 0 saturated carbocycles. The number of nitrogens with zero attached hydrogens (tertiary/aromatic N) is 1. The van der Waals surface area contributed by atoms with Gasteiger partial charge in [-0.25, -0.2) is 0 Å². The molecule has 0 saturated heterocycles. The van der Waals surface area contributed by atoms with E-state index in [2.05, 4.69) is 34.7 Å². The maximum atomic E-state index is 11.6. The summed E-state index contributed by atoms with van der Waals surface area (Å²) in [5.41, 5.74) is 1.06. The van der Waals surface area contributed by atoms with Gasteiger partial charge in [0.05, 0.1) is 6.54 Å². The number of benzene rings is 1. The lowest BCUT2D eigenvalue weighted by Crippen LogP contribution is -2.45. The fourth-order valence-electron chi connectivity index (χ4n) is 1.92. The molecule has 0 heterocycles. The molecule has 0 aromatic heterocycles. The van der Waals surface area contributed by atoms with Gasteiger partial charge in [0, 0.05) is 24.8 Å². The molecule has 0 fully saturated rings. The Morgan fingerprint density at radius 1 is 1.20 bits per heavy atom. The largest absolute Gasteiger partial charge is 0.375 e. The highest BCUT2D eigenvalue weighted by atomic mass is 16.2. The molecule has 1 aromatic carbocycles. The average molecular weight is 277 g/mol. The van der Waals surface area contributed by atoms with Crippen molar-refractivity contribution in [2.45, 2.75) is 32.7 Å². The second-order valence-corrected chi connectivity index (χ2v) is 6.09. The van der Waals surface area contributed by atoms with Crippen LogP contribution in [0.3, 0.4) is 0 Å². The molecule has 0 spiro atoms. The highest BCUT2D eigenvalue weighted by molar-refractivity contribution is 5.78. The maximum absolute atomic E-state index is 11.6. The van der Waals surface area contributed by atoms with Gasteiger partial charge in [0.1, 0.15) is 0 Å². The summed E-state index contributed by atoms with van der Waals surface area (Å²) < 4.78 is 0. The van der Waals surface area contributed by atoms with E-state index >= 15 is 0 Å². The van der Waals surface area contributed by atoms with Gasteiger partial charge in [-0.05, 0) is 45.9 Å². The SMILES string of the molecule is CN(CCCNCC(=O)NC(C)(C)C)c1ccccc1. The molecule has 1 amide bonds. The first-order valence-electron chi connectivity index (χ1n) is 7.16. The van der Waals surface area contributed by atoms with Crippen LogP contribution in [-0.4, -0.2) is 38.1 Å². The summed E-state index contributed by atoms with van der Waals surface area (Å²) in [5, 5.41) is 6.11. The number of amides is 1.